The summed E-state index contributed by atoms with van der Waals surface area (Å²) < 4.78 is 1.68. The van der Waals surface area contributed by atoms with E-state index in [0.717, 1.165) is 10.4 Å². The zero-order valence-corrected chi connectivity index (χ0v) is 12.9. The number of rotatable bonds is 4. The van der Waals surface area contributed by atoms with Crippen LogP contribution in [0.15, 0.2) is 46.6 Å². The highest BCUT2D eigenvalue weighted by Crippen LogP contribution is 2.10. The van der Waals surface area contributed by atoms with E-state index in [2.05, 4.69) is 10.4 Å². The molecular weight excluding hydrogens is 298 g/mol. The van der Waals surface area contributed by atoms with Crippen molar-refractivity contribution in [2.75, 3.05) is 0 Å². The molecular formula is C16H15N3O2S. The largest absolute Gasteiger partial charge is 0.346 e. The minimum absolute atomic E-state index is 0.0582. The molecule has 2 aromatic heterocycles. The molecule has 0 spiro atoms. The zero-order chi connectivity index (χ0) is 15.5. The van der Waals surface area contributed by atoms with Crippen LogP contribution in [0.1, 0.15) is 22.3 Å². The maximum atomic E-state index is 12.5. The topological polar surface area (TPSA) is 64.0 Å². The Morgan fingerprint density at radius 2 is 2.09 bits per heavy atom. The van der Waals surface area contributed by atoms with E-state index >= 15 is 0 Å². The van der Waals surface area contributed by atoms with E-state index in [0.29, 0.717) is 18.5 Å². The number of amides is 1. The lowest BCUT2D eigenvalue weighted by Crippen LogP contribution is -2.31. The summed E-state index contributed by atoms with van der Waals surface area (Å²) in [5, 5.41) is 9.43. The Balaban J connectivity index is 1.97. The molecule has 0 aliphatic rings. The third-order valence-corrected chi connectivity index (χ3v) is 4.26. The predicted octanol–water partition coefficient (Wildman–Crippen LogP) is 2.41. The van der Waals surface area contributed by atoms with Gasteiger partial charge in [-0.1, -0.05) is 18.2 Å². The van der Waals surface area contributed by atoms with Crippen LogP contribution in [0.25, 0.3) is 10.9 Å². The van der Waals surface area contributed by atoms with E-state index in [-0.39, 0.29) is 11.1 Å². The van der Waals surface area contributed by atoms with Crippen LogP contribution in [0, 0.1) is 0 Å². The maximum Gasteiger partial charge on any atom is 0.276 e. The number of nitrogens with zero attached hydrogens (tertiary/aromatic N) is 2. The highest BCUT2D eigenvalue weighted by atomic mass is 32.1. The lowest BCUT2D eigenvalue weighted by molar-refractivity contribution is 0.0943. The minimum atomic E-state index is -0.439. The Morgan fingerprint density at radius 3 is 2.82 bits per heavy atom. The number of para-hydroxylation sites is 1. The van der Waals surface area contributed by atoms with E-state index in [4.69, 9.17) is 0 Å². The number of hydrogen-bond acceptors (Lipinski definition) is 4. The van der Waals surface area contributed by atoms with E-state index in [1.165, 1.54) is 0 Å². The van der Waals surface area contributed by atoms with E-state index in [1.54, 1.807) is 28.2 Å². The first kappa shape index (κ1) is 14.5. The lowest BCUT2D eigenvalue weighted by Gasteiger charge is -2.10. The summed E-state index contributed by atoms with van der Waals surface area (Å²) in [6.07, 6.45) is 0. The molecule has 3 rings (SSSR count). The Morgan fingerprint density at radius 1 is 1.27 bits per heavy atom. The van der Waals surface area contributed by atoms with Gasteiger partial charge in [-0.05, 0) is 30.5 Å². The fourth-order valence-corrected chi connectivity index (χ4v) is 2.94. The van der Waals surface area contributed by atoms with Gasteiger partial charge in [0.05, 0.1) is 12.1 Å². The zero-order valence-electron chi connectivity index (χ0n) is 12.1. The number of carbonyl (C=O) groups excluding carboxylic acids is 1. The Labute approximate surface area is 131 Å². The lowest BCUT2D eigenvalue weighted by atomic mass is 10.2. The van der Waals surface area contributed by atoms with Crippen molar-refractivity contribution in [3.8, 4) is 0 Å². The average molecular weight is 313 g/mol. The standard InChI is InChI=1S/C16H15N3O2S/c1-2-19-13-8-4-3-7-12(13)15(20)14(18-19)16(21)17-10-11-6-5-9-22-11/h3-9H,2,10H2,1H3,(H,17,21). The molecule has 0 aliphatic heterocycles. The molecule has 22 heavy (non-hydrogen) atoms. The molecule has 0 radical (unpaired) electrons. The summed E-state index contributed by atoms with van der Waals surface area (Å²) >= 11 is 1.56. The van der Waals surface area contributed by atoms with Gasteiger partial charge in [0.15, 0.2) is 5.69 Å². The molecule has 1 N–H and O–H groups in total. The molecule has 6 heteroatoms. The molecule has 1 amide bonds. The van der Waals surface area contributed by atoms with Crippen molar-refractivity contribution in [2.24, 2.45) is 0 Å². The van der Waals surface area contributed by atoms with Crippen LogP contribution in [-0.2, 0) is 13.1 Å². The molecule has 3 aromatic rings. The Bertz CT molecular complexity index is 869. The molecule has 1 aromatic carbocycles. The SMILES string of the molecule is CCn1nc(C(=O)NCc2cccs2)c(=O)c2ccccc21. The van der Waals surface area contributed by atoms with Gasteiger partial charge in [-0.25, -0.2) is 0 Å². The van der Waals surface area contributed by atoms with Crippen molar-refractivity contribution in [3.63, 3.8) is 0 Å². The number of carbonyl (C=O) groups is 1. The molecule has 0 unspecified atom stereocenters. The molecule has 0 bridgehead atoms. The number of aromatic nitrogens is 2. The van der Waals surface area contributed by atoms with Crippen LogP contribution < -0.4 is 10.7 Å². The van der Waals surface area contributed by atoms with E-state index in [9.17, 15) is 9.59 Å². The number of nitrogens with one attached hydrogen (secondary N) is 1. The van der Waals surface area contributed by atoms with Gasteiger partial charge < -0.3 is 5.32 Å². The first-order chi connectivity index (χ1) is 10.7. The number of benzene rings is 1. The van der Waals surface area contributed by atoms with Gasteiger partial charge in [0.2, 0.25) is 5.43 Å². The van der Waals surface area contributed by atoms with Gasteiger partial charge in [0.1, 0.15) is 0 Å². The van der Waals surface area contributed by atoms with Gasteiger partial charge in [0.25, 0.3) is 5.91 Å². The third-order valence-electron chi connectivity index (χ3n) is 3.38. The maximum absolute atomic E-state index is 12.5. The van der Waals surface area contributed by atoms with Crippen LogP contribution >= 0.6 is 11.3 Å². The van der Waals surface area contributed by atoms with E-state index < -0.39 is 5.91 Å². The van der Waals surface area contributed by atoms with Gasteiger partial charge in [-0.3, -0.25) is 14.3 Å². The van der Waals surface area contributed by atoms with Crippen LogP contribution in [0.4, 0.5) is 0 Å². The first-order valence-corrected chi connectivity index (χ1v) is 7.89. The van der Waals surface area contributed by atoms with Crippen molar-refractivity contribution < 1.29 is 4.79 Å². The van der Waals surface area contributed by atoms with Crippen molar-refractivity contribution in [1.29, 1.82) is 0 Å². The van der Waals surface area contributed by atoms with Crippen molar-refractivity contribution in [1.82, 2.24) is 15.1 Å². The number of hydrogen-bond donors (Lipinski definition) is 1. The molecule has 0 atom stereocenters. The second kappa shape index (κ2) is 6.11. The van der Waals surface area contributed by atoms with Gasteiger partial charge in [-0.2, -0.15) is 5.10 Å². The Hall–Kier alpha value is -2.47. The van der Waals surface area contributed by atoms with Crippen molar-refractivity contribution in [3.05, 3.63) is 62.6 Å². The smallest absolute Gasteiger partial charge is 0.276 e. The van der Waals surface area contributed by atoms with Crippen molar-refractivity contribution >= 4 is 28.1 Å². The molecule has 0 saturated carbocycles. The fourth-order valence-electron chi connectivity index (χ4n) is 2.29. The minimum Gasteiger partial charge on any atom is -0.346 e. The second-order valence-corrected chi connectivity index (χ2v) is 5.80. The summed E-state index contributed by atoms with van der Waals surface area (Å²) in [6, 6.07) is 11.1. The summed E-state index contributed by atoms with van der Waals surface area (Å²) in [6.45, 7) is 2.92. The summed E-state index contributed by atoms with van der Waals surface area (Å²) in [4.78, 5) is 25.8. The molecule has 5 nitrogen and oxygen atoms in total. The van der Waals surface area contributed by atoms with E-state index in [1.807, 2.05) is 36.6 Å². The predicted molar refractivity (Wildman–Crippen MR) is 87.2 cm³/mol. The molecule has 0 saturated heterocycles. The second-order valence-electron chi connectivity index (χ2n) is 4.77. The highest BCUT2D eigenvalue weighted by molar-refractivity contribution is 7.09. The normalized spacial score (nSPS) is 10.8. The van der Waals surface area contributed by atoms with Gasteiger partial charge in [0, 0.05) is 16.8 Å². The summed E-state index contributed by atoms with van der Waals surface area (Å²) in [5.74, 6) is -0.439. The van der Waals surface area contributed by atoms with Crippen LogP contribution in [-0.4, -0.2) is 15.7 Å². The molecule has 0 aliphatic carbocycles. The highest BCUT2D eigenvalue weighted by Gasteiger charge is 2.16. The molecule has 112 valence electrons. The molecule has 0 fully saturated rings. The Kier molecular flexibility index (Phi) is 4.02. The third kappa shape index (κ3) is 2.65. The number of fused-ring (bicyclic) bond motifs is 1. The van der Waals surface area contributed by atoms with Crippen LogP contribution in [0.3, 0.4) is 0 Å². The van der Waals surface area contributed by atoms with Crippen LogP contribution in [0.2, 0.25) is 0 Å². The fraction of sp³-hybridized carbons (Fsp3) is 0.188. The average Bonchev–Trinajstić information content (AvgIpc) is 3.07. The van der Waals surface area contributed by atoms with Crippen LogP contribution in [0.5, 0.6) is 0 Å². The van der Waals surface area contributed by atoms with Crippen molar-refractivity contribution in [2.45, 2.75) is 20.0 Å². The quantitative estimate of drug-likeness (QED) is 0.804. The summed E-state index contributed by atoms with van der Waals surface area (Å²) in [7, 11) is 0. The van der Waals surface area contributed by atoms with Gasteiger partial charge >= 0.3 is 0 Å². The molecule has 2 heterocycles. The number of thiophene rings is 1. The van der Waals surface area contributed by atoms with Gasteiger partial charge in [-0.15, -0.1) is 11.3 Å². The summed E-state index contributed by atoms with van der Waals surface area (Å²) in [5.41, 5.74) is 0.353. The first-order valence-electron chi connectivity index (χ1n) is 7.01. The monoisotopic (exact) mass is 313 g/mol. The number of aryl methyl sites for hydroxylation is 1.